The van der Waals surface area contributed by atoms with Crippen molar-refractivity contribution in [1.82, 2.24) is 19.9 Å². The quantitative estimate of drug-likeness (QED) is 0.728. The number of carbonyl (C=O) groups excluding carboxylic acids is 1. The number of nitrogens with zero attached hydrogens (tertiary/aromatic N) is 4. The minimum atomic E-state index is 0.0184. The Kier molecular flexibility index (Phi) is 4.86. The van der Waals surface area contributed by atoms with Crippen molar-refractivity contribution < 1.29 is 4.79 Å². The smallest absolute Gasteiger partial charge is 0.272 e. The predicted octanol–water partition coefficient (Wildman–Crippen LogP) is 3.51. The van der Waals surface area contributed by atoms with Crippen LogP contribution in [0.1, 0.15) is 35.3 Å². The first-order chi connectivity index (χ1) is 12.8. The lowest BCUT2D eigenvalue weighted by Gasteiger charge is -2.20. The molecule has 5 nitrogen and oxygen atoms in total. The molecule has 1 atom stereocenters. The number of hydrogen-bond acceptors (Lipinski definition) is 4. The van der Waals surface area contributed by atoms with Crippen LogP contribution < -0.4 is 0 Å². The number of carbonyl (C=O) groups is 1. The van der Waals surface area contributed by atoms with Crippen LogP contribution in [0.15, 0.2) is 55.1 Å². The second kappa shape index (κ2) is 7.60. The van der Waals surface area contributed by atoms with E-state index in [-0.39, 0.29) is 5.91 Å². The first kappa shape index (κ1) is 16.6. The van der Waals surface area contributed by atoms with Crippen LogP contribution in [0.2, 0.25) is 0 Å². The highest BCUT2D eigenvalue weighted by Crippen LogP contribution is 2.24. The summed E-state index contributed by atoms with van der Waals surface area (Å²) in [6.07, 6.45) is 9.16. The van der Waals surface area contributed by atoms with E-state index in [1.807, 2.05) is 17.2 Å². The van der Waals surface area contributed by atoms with Crippen molar-refractivity contribution >= 4 is 16.8 Å². The Morgan fingerprint density at radius 1 is 1.08 bits per heavy atom. The highest BCUT2D eigenvalue weighted by molar-refractivity contribution is 5.92. The van der Waals surface area contributed by atoms with Crippen molar-refractivity contribution in [2.75, 3.05) is 13.1 Å². The summed E-state index contributed by atoms with van der Waals surface area (Å²) < 4.78 is 0. The maximum Gasteiger partial charge on any atom is 0.272 e. The minimum Gasteiger partial charge on any atom is -0.337 e. The molecule has 132 valence electrons. The predicted molar refractivity (Wildman–Crippen MR) is 101 cm³/mol. The van der Waals surface area contributed by atoms with Gasteiger partial charge in [-0.15, -0.1) is 0 Å². The van der Waals surface area contributed by atoms with Crippen molar-refractivity contribution in [1.29, 1.82) is 0 Å². The number of fused-ring (bicyclic) bond motifs is 1. The van der Waals surface area contributed by atoms with Crippen molar-refractivity contribution in [3.8, 4) is 0 Å². The van der Waals surface area contributed by atoms with E-state index in [1.165, 1.54) is 17.3 Å². The molecular formula is C21H22N4O. The largest absolute Gasteiger partial charge is 0.337 e. The van der Waals surface area contributed by atoms with E-state index in [1.54, 1.807) is 12.3 Å². The Labute approximate surface area is 153 Å². The molecule has 1 fully saturated rings. The summed E-state index contributed by atoms with van der Waals surface area (Å²) in [6, 6.07) is 12.3. The van der Waals surface area contributed by atoms with E-state index in [9.17, 15) is 4.79 Å². The monoisotopic (exact) mass is 346 g/mol. The van der Waals surface area contributed by atoms with Gasteiger partial charge in [0.2, 0.25) is 0 Å². The zero-order valence-electron chi connectivity index (χ0n) is 14.7. The summed E-state index contributed by atoms with van der Waals surface area (Å²) in [5.41, 5.74) is 2.88. The van der Waals surface area contributed by atoms with Crippen molar-refractivity contribution in [2.45, 2.75) is 25.7 Å². The highest BCUT2D eigenvalue weighted by atomic mass is 16.2. The molecule has 1 unspecified atom stereocenters. The number of pyridine rings is 1. The molecule has 3 heterocycles. The van der Waals surface area contributed by atoms with Crippen LogP contribution in [0, 0.1) is 5.92 Å². The molecule has 2 aromatic heterocycles. The third kappa shape index (κ3) is 3.72. The minimum absolute atomic E-state index is 0.0184. The summed E-state index contributed by atoms with van der Waals surface area (Å²) in [5, 5.41) is 1.19. The lowest BCUT2D eigenvalue weighted by Crippen LogP contribution is -2.32. The number of amides is 1. The summed E-state index contributed by atoms with van der Waals surface area (Å²) in [5.74, 6) is 0.622. The summed E-state index contributed by atoms with van der Waals surface area (Å²) in [6.45, 7) is 1.60. The molecule has 0 aliphatic carbocycles. The lowest BCUT2D eigenvalue weighted by molar-refractivity contribution is 0.0754. The Hall–Kier alpha value is -2.82. The Balaban J connectivity index is 1.41. The molecular weight excluding hydrogens is 324 g/mol. The number of rotatable bonds is 3. The van der Waals surface area contributed by atoms with Gasteiger partial charge in [0, 0.05) is 30.9 Å². The van der Waals surface area contributed by atoms with Crippen LogP contribution in [0.4, 0.5) is 0 Å². The Morgan fingerprint density at radius 3 is 2.92 bits per heavy atom. The second-order valence-electron chi connectivity index (χ2n) is 6.92. The average Bonchev–Trinajstić information content (AvgIpc) is 2.93. The van der Waals surface area contributed by atoms with E-state index >= 15 is 0 Å². The molecule has 0 spiro atoms. The molecule has 0 radical (unpaired) electrons. The molecule has 0 bridgehead atoms. The molecule has 1 saturated heterocycles. The van der Waals surface area contributed by atoms with Crippen LogP contribution >= 0.6 is 0 Å². The Bertz CT molecular complexity index is 897. The van der Waals surface area contributed by atoms with Crippen LogP contribution in [-0.2, 0) is 6.42 Å². The molecule has 0 saturated carbocycles. The average molecular weight is 346 g/mol. The van der Waals surface area contributed by atoms with Crippen LogP contribution in [0.5, 0.6) is 0 Å². The second-order valence-corrected chi connectivity index (χ2v) is 6.92. The first-order valence-corrected chi connectivity index (χ1v) is 9.18. The van der Waals surface area contributed by atoms with Crippen molar-refractivity contribution in [3.63, 3.8) is 0 Å². The van der Waals surface area contributed by atoms with E-state index in [0.29, 0.717) is 11.6 Å². The van der Waals surface area contributed by atoms with Crippen molar-refractivity contribution in [2.24, 2.45) is 5.92 Å². The van der Waals surface area contributed by atoms with Gasteiger partial charge in [0.1, 0.15) is 12.0 Å². The summed E-state index contributed by atoms with van der Waals surface area (Å²) >= 11 is 0. The maximum atomic E-state index is 12.6. The fraction of sp³-hybridized carbons (Fsp3) is 0.333. The first-order valence-electron chi connectivity index (χ1n) is 9.18. The SMILES string of the molecule is O=C(c1ccncn1)N1CCCC(Cc2ccc3ncccc3c2)CC1. The highest BCUT2D eigenvalue weighted by Gasteiger charge is 2.22. The van der Waals surface area contributed by atoms with Crippen LogP contribution in [0.25, 0.3) is 10.9 Å². The summed E-state index contributed by atoms with van der Waals surface area (Å²) in [7, 11) is 0. The van der Waals surface area contributed by atoms with E-state index in [0.717, 1.165) is 44.3 Å². The fourth-order valence-corrected chi connectivity index (χ4v) is 3.74. The topological polar surface area (TPSA) is 59.0 Å². The zero-order chi connectivity index (χ0) is 17.8. The molecule has 1 aromatic carbocycles. The van der Waals surface area contributed by atoms with Gasteiger partial charge in [-0.05, 0) is 61.4 Å². The molecule has 26 heavy (non-hydrogen) atoms. The third-order valence-electron chi connectivity index (χ3n) is 5.13. The van der Waals surface area contributed by atoms with Gasteiger partial charge < -0.3 is 4.90 Å². The van der Waals surface area contributed by atoms with Crippen molar-refractivity contribution in [3.05, 3.63) is 66.4 Å². The number of benzene rings is 1. The van der Waals surface area contributed by atoms with E-state index < -0.39 is 0 Å². The van der Waals surface area contributed by atoms with E-state index in [2.05, 4.69) is 39.2 Å². The standard InChI is InChI=1S/C21H22N4O/c26-21(20-7-10-22-15-24-20)25-11-2-3-16(8-12-25)13-17-5-6-19-18(14-17)4-1-9-23-19/h1,4-7,9-10,14-16H,2-3,8,11-13H2. The number of aromatic nitrogens is 3. The van der Waals surface area contributed by atoms with Crippen LogP contribution in [0.3, 0.4) is 0 Å². The van der Waals surface area contributed by atoms with Gasteiger partial charge in [0.15, 0.2) is 0 Å². The van der Waals surface area contributed by atoms with Gasteiger partial charge in [-0.1, -0.05) is 12.1 Å². The van der Waals surface area contributed by atoms with E-state index in [4.69, 9.17) is 0 Å². The third-order valence-corrected chi connectivity index (χ3v) is 5.13. The molecule has 1 aliphatic rings. The van der Waals surface area contributed by atoms with Crippen LogP contribution in [-0.4, -0.2) is 38.8 Å². The molecule has 3 aromatic rings. The number of hydrogen-bond donors (Lipinski definition) is 0. The molecule has 4 rings (SSSR count). The lowest BCUT2D eigenvalue weighted by atomic mass is 9.92. The number of likely N-dealkylation sites (tertiary alicyclic amines) is 1. The van der Waals surface area contributed by atoms with Gasteiger partial charge in [-0.2, -0.15) is 0 Å². The van der Waals surface area contributed by atoms with Gasteiger partial charge in [0.05, 0.1) is 5.52 Å². The van der Waals surface area contributed by atoms with Gasteiger partial charge in [-0.3, -0.25) is 9.78 Å². The normalized spacial score (nSPS) is 17.8. The fourth-order valence-electron chi connectivity index (χ4n) is 3.74. The maximum absolute atomic E-state index is 12.6. The molecule has 1 amide bonds. The zero-order valence-corrected chi connectivity index (χ0v) is 14.7. The summed E-state index contributed by atoms with van der Waals surface area (Å²) in [4.78, 5) is 26.9. The molecule has 0 N–H and O–H groups in total. The van der Waals surface area contributed by atoms with Gasteiger partial charge in [0.25, 0.3) is 5.91 Å². The molecule has 5 heteroatoms. The molecule has 1 aliphatic heterocycles. The van der Waals surface area contributed by atoms with Gasteiger partial charge >= 0.3 is 0 Å². The Morgan fingerprint density at radius 2 is 2.04 bits per heavy atom. The van der Waals surface area contributed by atoms with Gasteiger partial charge in [-0.25, -0.2) is 9.97 Å².